The Labute approximate surface area is 183 Å². The van der Waals surface area contributed by atoms with E-state index < -0.39 is 6.10 Å². The molecule has 164 valence electrons. The third kappa shape index (κ3) is 4.84. The van der Waals surface area contributed by atoms with Gasteiger partial charge in [0.15, 0.2) is 6.10 Å². The summed E-state index contributed by atoms with van der Waals surface area (Å²) in [5, 5.41) is 3.06. The van der Waals surface area contributed by atoms with E-state index >= 15 is 0 Å². The van der Waals surface area contributed by atoms with E-state index in [1.807, 2.05) is 54.3 Å². The Morgan fingerprint density at radius 2 is 2.00 bits per heavy atom. The molecule has 2 aromatic carbocycles. The number of amides is 2. The Morgan fingerprint density at radius 1 is 1.19 bits per heavy atom. The van der Waals surface area contributed by atoms with Gasteiger partial charge in [0.05, 0.1) is 7.11 Å². The van der Waals surface area contributed by atoms with Crippen LogP contribution in [0.1, 0.15) is 50.2 Å². The molecule has 0 saturated heterocycles. The lowest BCUT2D eigenvalue weighted by Gasteiger charge is -2.23. The first-order chi connectivity index (χ1) is 15.1. The second-order valence-corrected chi connectivity index (χ2v) is 8.35. The van der Waals surface area contributed by atoms with Crippen LogP contribution in [0.2, 0.25) is 0 Å². The number of nitrogens with zero attached hydrogens (tertiary/aromatic N) is 1. The zero-order valence-corrected chi connectivity index (χ0v) is 18.2. The van der Waals surface area contributed by atoms with Gasteiger partial charge in [-0.2, -0.15) is 0 Å². The fraction of sp³-hybridized carbons (Fsp3) is 0.440. The minimum Gasteiger partial charge on any atom is -0.497 e. The molecule has 0 bridgehead atoms. The van der Waals surface area contributed by atoms with Crippen LogP contribution in [-0.4, -0.2) is 29.9 Å². The van der Waals surface area contributed by atoms with Crippen molar-refractivity contribution in [3.63, 3.8) is 0 Å². The summed E-state index contributed by atoms with van der Waals surface area (Å²) in [6.45, 7) is 2.84. The number of hydrogen-bond donors (Lipinski definition) is 1. The molecule has 31 heavy (non-hydrogen) atoms. The lowest BCUT2D eigenvalue weighted by molar-refractivity contribution is -0.139. The summed E-state index contributed by atoms with van der Waals surface area (Å²) in [5.41, 5.74) is 2.65. The molecule has 1 saturated carbocycles. The summed E-state index contributed by atoms with van der Waals surface area (Å²) in [7, 11) is 1.63. The maximum absolute atomic E-state index is 13.1. The molecule has 1 heterocycles. The fourth-order valence-electron chi connectivity index (χ4n) is 4.40. The van der Waals surface area contributed by atoms with E-state index in [0.29, 0.717) is 25.3 Å². The Hall–Kier alpha value is -3.02. The highest BCUT2D eigenvalue weighted by Gasteiger charge is 2.30. The lowest BCUT2D eigenvalue weighted by Crippen LogP contribution is -2.38. The fourth-order valence-corrected chi connectivity index (χ4v) is 4.40. The van der Waals surface area contributed by atoms with Gasteiger partial charge in [-0.25, -0.2) is 0 Å². The van der Waals surface area contributed by atoms with Crippen LogP contribution in [0.4, 0.5) is 5.69 Å². The maximum Gasteiger partial charge on any atom is 0.264 e. The summed E-state index contributed by atoms with van der Waals surface area (Å²) in [6, 6.07) is 13.4. The molecular weight excluding hydrogens is 392 g/mol. The molecule has 6 nitrogen and oxygen atoms in total. The molecule has 1 fully saturated rings. The summed E-state index contributed by atoms with van der Waals surface area (Å²) >= 11 is 0. The highest BCUT2D eigenvalue weighted by molar-refractivity contribution is 5.93. The van der Waals surface area contributed by atoms with Crippen molar-refractivity contribution in [3.8, 4) is 11.5 Å². The van der Waals surface area contributed by atoms with Crippen molar-refractivity contribution < 1.29 is 19.1 Å². The largest absolute Gasteiger partial charge is 0.497 e. The molecule has 1 aliphatic heterocycles. The molecule has 6 heteroatoms. The Balaban J connectivity index is 1.56. The minimum atomic E-state index is -0.522. The van der Waals surface area contributed by atoms with Gasteiger partial charge in [-0.3, -0.25) is 9.59 Å². The number of benzene rings is 2. The number of ether oxygens (including phenoxy) is 2. The summed E-state index contributed by atoms with van der Waals surface area (Å²) < 4.78 is 11.4. The summed E-state index contributed by atoms with van der Waals surface area (Å²) in [6.07, 6.45) is 4.23. The molecule has 0 spiro atoms. The second-order valence-electron chi connectivity index (χ2n) is 8.35. The third-order valence-electron chi connectivity index (χ3n) is 6.15. The molecular formula is C25H30N2O4. The van der Waals surface area contributed by atoms with Crippen molar-refractivity contribution in [1.29, 1.82) is 0 Å². The summed E-state index contributed by atoms with van der Waals surface area (Å²) in [4.78, 5) is 27.5. The zero-order valence-electron chi connectivity index (χ0n) is 18.2. The lowest BCUT2D eigenvalue weighted by atomic mass is 10.1. The Bertz CT molecular complexity index is 952. The van der Waals surface area contributed by atoms with Gasteiger partial charge >= 0.3 is 0 Å². The van der Waals surface area contributed by atoms with Gasteiger partial charge in [-0.1, -0.05) is 31.9 Å². The van der Waals surface area contributed by atoms with Gasteiger partial charge in [-0.15, -0.1) is 0 Å². The molecule has 0 unspecified atom stereocenters. The molecule has 2 aromatic rings. The van der Waals surface area contributed by atoms with Crippen LogP contribution in [0.15, 0.2) is 42.5 Å². The topological polar surface area (TPSA) is 67.9 Å². The van der Waals surface area contributed by atoms with E-state index in [0.717, 1.165) is 48.2 Å². The van der Waals surface area contributed by atoms with E-state index in [1.54, 1.807) is 7.11 Å². The van der Waals surface area contributed by atoms with E-state index in [2.05, 4.69) is 5.32 Å². The number of carbonyl (C=O) groups is 2. The van der Waals surface area contributed by atoms with Gasteiger partial charge in [0.25, 0.3) is 5.91 Å². The van der Waals surface area contributed by atoms with Gasteiger partial charge in [0, 0.05) is 30.3 Å². The standard InChI is InChI=1S/C25H30N2O4/c1-3-22-25(29)27(15-17-7-6-10-21(13-17)30-2)16-19-14-20(11-12-23(19)31-22)26-24(28)18-8-4-5-9-18/h6-7,10-14,18,22H,3-5,8-9,15-16H2,1-2H3,(H,26,28)/t22-/m0/s1. The van der Waals surface area contributed by atoms with Gasteiger partial charge < -0.3 is 19.7 Å². The third-order valence-corrected chi connectivity index (χ3v) is 6.15. The minimum absolute atomic E-state index is 0.0296. The van der Waals surface area contributed by atoms with Crippen molar-refractivity contribution >= 4 is 17.5 Å². The summed E-state index contributed by atoms with van der Waals surface area (Å²) in [5.74, 6) is 1.62. The molecule has 1 aliphatic carbocycles. The van der Waals surface area contributed by atoms with E-state index in [9.17, 15) is 9.59 Å². The predicted octanol–water partition coefficient (Wildman–Crippen LogP) is 4.52. The number of anilines is 1. The molecule has 1 atom stereocenters. The normalized spacial score (nSPS) is 18.8. The smallest absolute Gasteiger partial charge is 0.264 e. The van der Waals surface area contributed by atoms with Crippen molar-refractivity contribution in [2.75, 3.05) is 12.4 Å². The molecule has 0 radical (unpaired) electrons. The van der Waals surface area contributed by atoms with Crippen LogP contribution < -0.4 is 14.8 Å². The average Bonchev–Trinajstić information content (AvgIpc) is 3.29. The van der Waals surface area contributed by atoms with Gasteiger partial charge in [0.1, 0.15) is 11.5 Å². The van der Waals surface area contributed by atoms with Crippen LogP contribution in [0.25, 0.3) is 0 Å². The highest BCUT2D eigenvalue weighted by Crippen LogP contribution is 2.31. The Kier molecular flexibility index (Phi) is 6.44. The molecule has 1 N–H and O–H groups in total. The van der Waals surface area contributed by atoms with Crippen molar-refractivity contribution in [2.24, 2.45) is 5.92 Å². The van der Waals surface area contributed by atoms with E-state index in [1.165, 1.54) is 0 Å². The molecule has 0 aromatic heterocycles. The van der Waals surface area contributed by atoms with Crippen LogP contribution in [0.3, 0.4) is 0 Å². The second kappa shape index (κ2) is 9.41. The van der Waals surface area contributed by atoms with E-state index in [-0.39, 0.29) is 17.7 Å². The highest BCUT2D eigenvalue weighted by atomic mass is 16.5. The number of carbonyl (C=O) groups excluding carboxylic acids is 2. The number of methoxy groups -OCH3 is 1. The van der Waals surface area contributed by atoms with Crippen LogP contribution in [0, 0.1) is 5.92 Å². The average molecular weight is 423 g/mol. The first-order valence-electron chi connectivity index (χ1n) is 11.1. The first-order valence-corrected chi connectivity index (χ1v) is 11.1. The monoisotopic (exact) mass is 422 g/mol. The number of fused-ring (bicyclic) bond motifs is 1. The quantitative estimate of drug-likeness (QED) is 0.743. The number of hydrogen-bond acceptors (Lipinski definition) is 4. The predicted molar refractivity (Wildman–Crippen MR) is 119 cm³/mol. The first kappa shape index (κ1) is 21.2. The van der Waals surface area contributed by atoms with Crippen molar-refractivity contribution in [1.82, 2.24) is 4.90 Å². The van der Waals surface area contributed by atoms with Crippen molar-refractivity contribution in [2.45, 2.75) is 58.2 Å². The van der Waals surface area contributed by atoms with Crippen LogP contribution in [-0.2, 0) is 22.7 Å². The molecule has 2 amide bonds. The van der Waals surface area contributed by atoms with Crippen molar-refractivity contribution in [3.05, 3.63) is 53.6 Å². The Morgan fingerprint density at radius 3 is 2.74 bits per heavy atom. The number of nitrogens with one attached hydrogen (secondary N) is 1. The van der Waals surface area contributed by atoms with Gasteiger partial charge in [0.2, 0.25) is 5.91 Å². The van der Waals surface area contributed by atoms with Gasteiger partial charge in [-0.05, 0) is 55.2 Å². The maximum atomic E-state index is 13.1. The zero-order chi connectivity index (χ0) is 21.8. The van der Waals surface area contributed by atoms with E-state index in [4.69, 9.17) is 9.47 Å². The van der Waals surface area contributed by atoms with Crippen LogP contribution >= 0.6 is 0 Å². The number of rotatable bonds is 6. The van der Waals surface area contributed by atoms with Crippen LogP contribution in [0.5, 0.6) is 11.5 Å². The molecule has 4 rings (SSSR count). The molecule has 2 aliphatic rings. The SMILES string of the molecule is CC[C@@H]1Oc2ccc(NC(=O)C3CCCC3)cc2CN(Cc2cccc(OC)c2)C1=O.